The number of aromatic amines is 1. The number of benzene rings is 2. The zero-order valence-electron chi connectivity index (χ0n) is 22.9. The lowest BCUT2D eigenvalue weighted by atomic mass is 9.79. The highest BCUT2D eigenvalue weighted by atomic mass is 16.5. The normalized spacial score (nSPS) is 19.6. The summed E-state index contributed by atoms with van der Waals surface area (Å²) >= 11 is 0. The number of hydrogen-bond donors (Lipinski definition) is 2. The largest absolute Gasteiger partial charge is 0.466 e. The number of nitriles is 1. The molecule has 9 heteroatoms. The maximum absolute atomic E-state index is 13.6. The van der Waals surface area contributed by atoms with E-state index in [1.54, 1.807) is 30.5 Å². The van der Waals surface area contributed by atoms with E-state index in [2.05, 4.69) is 50.0 Å². The maximum Gasteiger partial charge on any atom is 0.355 e. The molecule has 1 atom stereocenters. The Bertz CT molecular complexity index is 1620. The van der Waals surface area contributed by atoms with E-state index in [0.717, 1.165) is 23.1 Å². The molecule has 0 spiro atoms. The molecule has 2 aromatic carbocycles. The Morgan fingerprint density at radius 1 is 1.10 bits per heavy atom. The first-order chi connectivity index (χ1) is 18.5. The third kappa shape index (κ3) is 3.78. The second-order valence-electron chi connectivity index (χ2n) is 11.3. The summed E-state index contributed by atoms with van der Waals surface area (Å²) in [6.45, 7) is 8.62. The summed E-state index contributed by atoms with van der Waals surface area (Å²) in [6, 6.07) is 13.3. The molecule has 9 nitrogen and oxygen atoms in total. The van der Waals surface area contributed by atoms with E-state index in [1.807, 2.05) is 6.07 Å². The van der Waals surface area contributed by atoms with Crippen molar-refractivity contribution < 1.29 is 19.1 Å². The Morgan fingerprint density at radius 2 is 1.77 bits per heavy atom. The molecule has 1 unspecified atom stereocenters. The topological polar surface area (TPSA) is 134 Å². The van der Waals surface area contributed by atoms with E-state index in [1.165, 1.54) is 19.1 Å². The Morgan fingerprint density at radius 3 is 2.38 bits per heavy atom. The van der Waals surface area contributed by atoms with Crippen LogP contribution in [0, 0.1) is 11.3 Å². The molecule has 39 heavy (non-hydrogen) atoms. The highest BCUT2D eigenvalue weighted by molar-refractivity contribution is 6.09. The van der Waals surface area contributed by atoms with Crippen LogP contribution in [0.3, 0.4) is 0 Å². The SMILES string of the molecule is COC(=O)C1=C(C(=O)OC)N(c2c3c(cc4[nH]ncc24)C(C)(C)CC3(C)C)C(N)=C(C#N)C1c1ccccc1. The Balaban J connectivity index is 1.97. The first-order valence-electron chi connectivity index (χ1n) is 12.6. The molecule has 0 saturated carbocycles. The number of allylic oxidation sites excluding steroid dienone is 1. The number of carbonyl (C=O) groups is 2. The molecule has 2 heterocycles. The quantitative estimate of drug-likeness (QED) is 0.478. The zero-order valence-corrected chi connectivity index (χ0v) is 22.9. The van der Waals surface area contributed by atoms with E-state index < -0.39 is 17.9 Å². The standard InChI is InChI=1S/C30H31N5O4/c1-29(2)15-30(3,4)23-19(29)12-20-18(14-33-34-20)24(23)35-25(28(37)39-6)22(27(36)38-5)21(17(13-31)26(35)32)16-10-8-7-9-11-16/h7-12,14,21H,15,32H2,1-6H3,(H,33,34). The number of nitrogens with one attached hydrogen (secondary N) is 1. The third-order valence-electron chi connectivity index (χ3n) is 7.84. The number of carbonyl (C=O) groups excluding carboxylic acids is 2. The first-order valence-corrected chi connectivity index (χ1v) is 12.6. The number of fused-ring (bicyclic) bond motifs is 2. The third-order valence-corrected chi connectivity index (χ3v) is 7.84. The number of ether oxygens (including phenoxy) is 2. The van der Waals surface area contributed by atoms with Crippen LogP contribution in [0.4, 0.5) is 5.69 Å². The number of anilines is 1. The number of hydrogen-bond acceptors (Lipinski definition) is 8. The van der Waals surface area contributed by atoms with Crippen LogP contribution in [-0.4, -0.2) is 36.4 Å². The average molecular weight is 526 g/mol. The summed E-state index contributed by atoms with van der Waals surface area (Å²) in [5.41, 5.74) is 10.3. The lowest BCUT2D eigenvalue weighted by Gasteiger charge is -2.38. The van der Waals surface area contributed by atoms with Gasteiger partial charge in [0, 0.05) is 5.39 Å². The number of nitrogens with two attached hydrogens (primary N) is 1. The molecule has 1 aromatic heterocycles. The summed E-state index contributed by atoms with van der Waals surface area (Å²) < 4.78 is 10.4. The van der Waals surface area contributed by atoms with Crippen molar-refractivity contribution in [2.24, 2.45) is 5.73 Å². The molecule has 0 saturated heterocycles. The van der Waals surface area contributed by atoms with E-state index in [9.17, 15) is 14.9 Å². The van der Waals surface area contributed by atoms with Crippen molar-refractivity contribution in [3.05, 3.63) is 81.9 Å². The number of nitrogens with zero attached hydrogens (tertiary/aromatic N) is 3. The van der Waals surface area contributed by atoms with Gasteiger partial charge in [0.1, 0.15) is 11.5 Å². The van der Waals surface area contributed by atoms with Crippen LogP contribution in [0.25, 0.3) is 10.9 Å². The van der Waals surface area contributed by atoms with Gasteiger partial charge in [0.15, 0.2) is 0 Å². The molecule has 0 fully saturated rings. The lowest BCUT2D eigenvalue weighted by Crippen LogP contribution is -2.41. The van der Waals surface area contributed by atoms with E-state index >= 15 is 0 Å². The number of methoxy groups -OCH3 is 2. The Hall–Kier alpha value is -4.58. The zero-order chi connectivity index (χ0) is 28.3. The van der Waals surface area contributed by atoms with Crippen molar-refractivity contribution in [1.29, 1.82) is 5.26 Å². The van der Waals surface area contributed by atoms with E-state index in [-0.39, 0.29) is 33.5 Å². The van der Waals surface area contributed by atoms with Gasteiger partial charge >= 0.3 is 11.9 Å². The second kappa shape index (κ2) is 9.02. The van der Waals surface area contributed by atoms with Gasteiger partial charge in [-0.05, 0) is 40.0 Å². The molecule has 0 amide bonds. The van der Waals surface area contributed by atoms with Crippen LogP contribution in [-0.2, 0) is 29.9 Å². The van der Waals surface area contributed by atoms with Crippen molar-refractivity contribution in [3.63, 3.8) is 0 Å². The van der Waals surface area contributed by atoms with Crippen LogP contribution >= 0.6 is 0 Å². The minimum atomic E-state index is -0.935. The summed E-state index contributed by atoms with van der Waals surface area (Å²) in [5, 5.41) is 18.5. The van der Waals surface area contributed by atoms with Gasteiger partial charge in [-0.1, -0.05) is 58.0 Å². The smallest absolute Gasteiger partial charge is 0.355 e. The minimum absolute atomic E-state index is 0.0226. The molecule has 0 radical (unpaired) electrons. The molecular weight excluding hydrogens is 494 g/mol. The van der Waals surface area contributed by atoms with Crippen molar-refractivity contribution in [3.8, 4) is 6.07 Å². The predicted octanol–water partition coefficient (Wildman–Crippen LogP) is 4.42. The van der Waals surface area contributed by atoms with Crippen molar-refractivity contribution in [1.82, 2.24) is 10.2 Å². The summed E-state index contributed by atoms with van der Waals surface area (Å²) in [4.78, 5) is 28.7. The van der Waals surface area contributed by atoms with Crippen LogP contribution in [0.2, 0.25) is 0 Å². The fourth-order valence-electron chi connectivity index (χ4n) is 6.56. The molecule has 3 aromatic rings. The van der Waals surface area contributed by atoms with E-state index in [0.29, 0.717) is 16.6 Å². The van der Waals surface area contributed by atoms with Gasteiger partial charge in [-0.2, -0.15) is 10.4 Å². The molecule has 0 bridgehead atoms. The van der Waals surface area contributed by atoms with E-state index in [4.69, 9.17) is 15.2 Å². The maximum atomic E-state index is 13.6. The van der Waals surface area contributed by atoms with Gasteiger partial charge in [-0.15, -0.1) is 0 Å². The molecule has 3 N–H and O–H groups in total. The van der Waals surface area contributed by atoms with Gasteiger partial charge in [0.2, 0.25) is 0 Å². The fraction of sp³-hybridized carbons (Fsp3) is 0.333. The van der Waals surface area contributed by atoms with Crippen molar-refractivity contribution >= 4 is 28.5 Å². The van der Waals surface area contributed by atoms with Crippen molar-refractivity contribution in [2.75, 3.05) is 19.1 Å². The van der Waals surface area contributed by atoms with Gasteiger partial charge in [0.05, 0.1) is 54.8 Å². The number of aromatic nitrogens is 2. The minimum Gasteiger partial charge on any atom is -0.466 e. The molecule has 200 valence electrons. The van der Waals surface area contributed by atoms with Crippen molar-refractivity contribution in [2.45, 2.75) is 50.9 Å². The molecule has 1 aliphatic carbocycles. The molecule has 2 aliphatic rings. The monoisotopic (exact) mass is 525 g/mol. The van der Waals surface area contributed by atoms with Crippen LogP contribution < -0.4 is 10.6 Å². The summed E-state index contributed by atoms with van der Waals surface area (Å²) in [6.07, 6.45) is 2.50. The summed E-state index contributed by atoms with van der Waals surface area (Å²) in [7, 11) is 2.49. The second-order valence-corrected chi connectivity index (χ2v) is 11.3. The van der Waals surface area contributed by atoms with Gasteiger partial charge < -0.3 is 15.2 Å². The van der Waals surface area contributed by atoms with Gasteiger partial charge in [-0.25, -0.2) is 9.59 Å². The highest BCUT2D eigenvalue weighted by Gasteiger charge is 2.49. The molecule has 5 rings (SSSR count). The Kier molecular flexibility index (Phi) is 6.02. The van der Waals surface area contributed by atoms with Gasteiger partial charge in [-0.3, -0.25) is 10.00 Å². The number of esters is 2. The van der Waals surface area contributed by atoms with Gasteiger partial charge in [0.25, 0.3) is 0 Å². The Labute approximate surface area is 226 Å². The van der Waals surface area contributed by atoms with Crippen LogP contribution in [0.1, 0.15) is 56.7 Å². The van der Waals surface area contributed by atoms with Crippen LogP contribution in [0.5, 0.6) is 0 Å². The summed E-state index contributed by atoms with van der Waals surface area (Å²) in [5.74, 6) is -2.43. The lowest BCUT2D eigenvalue weighted by molar-refractivity contribution is -0.139. The molecular formula is C30H31N5O4. The van der Waals surface area contributed by atoms with Crippen LogP contribution in [0.15, 0.2) is 65.3 Å². The fourth-order valence-corrected chi connectivity index (χ4v) is 6.56. The average Bonchev–Trinajstić information content (AvgIpc) is 3.45. The number of H-pyrrole nitrogens is 1. The number of rotatable bonds is 4. The first kappa shape index (κ1) is 26.0. The highest BCUT2D eigenvalue weighted by Crippen LogP contribution is 2.56. The predicted molar refractivity (Wildman–Crippen MR) is 146 cm³/mol. The molecule has 1 aliphatic heterocycles.